The van der Waals surface area contributed by atoms with Crippen molar-refractivity contribution >= 4 is 0 Å². The van der Waals surface area contributed by atoms with Crippen LogP contribution in [-0.4, -0.2) is 0 Å². The number of hydrogen-bond donors (Lipinski definition) is 0. The van der Waals surface area contributed by atoms with Crippen molar-refractivity contribution in [2.45, 2.75) is 96.8 Å². The maximum absolute atomic E-state index is 3.87. The van der Waals surface area contributed by atoms with Gasteiger partial charge in [-0.25, -0.2) is 0 Å². The van der Waals surface area contributed by atoms with Gasteiger partial charge in [0.25, 0.3) is 0 Å². The summed E-state index contributed by atoms with van der Waals surface area (Å²) < 4.78 is 0. The fourth-order valence-electron chi connectivity index (χ4n) is 2.19. The van der Waals surface area contributed by atoms with Crippen LogP contribution in [0.4, 0.5) is 0 Å². The first kappa shape index (κ1) is 20.2. The van der Waals surface area contributed by atoms with Crippen molar-refractivity contribution in [3.8, 4) is 0 Å². The van der Waals surface area contributed by atoms with Gasteiger partial charge in [-0.15, -0.1) is 0 Å². The van der Waals surface area contributed by atoms with Crippen LogP contribution in [0, 0.1) is 6.92 Å². The van der Waals surface area contributed by atoms with Gasteiger partial charge in [0, 0.05) is 26.2 Å². The molecule has 0 saturated carbocycles. The van der Waals surface area contributed by atoms with Crippen LogP contribution in [0.5, 0.6) is 0 Å². The van der Waals surface area contributed by atoms with Gasteiger partial charge in [-0.1, -0.05) is 90.4 Å². The molecular weight excluding hydrogens is 283 g/mol. The largest absolute Gasteiger partial charge is 0.343 e. The van der Waals surface area contributed by atoms with Crippen molar-refractivity contribution in [3.05, 3.63) is 6.92 Å². The Bertz CT molecular complexity index is 98.1. The van der Waals surface area contributed by atoms with Gasteiger partial charge >= 0.3 is 0 Å². The molecule has 0 saturated heterocycles. The monoisotopic (exact) mass is 315 g/mol. The Morgan fingerprint density at radius 3 is 1.12 bits per heavy atom. The Labute approximate surface area is 129 Å². The van der Waals surface area contributed by atoms with E-state index in [2.05, 4.69) is 13.8 Å². The molecule has 0 unspecified atom stereocenters. The SMILES string of the molecule is [CH2-]CCCCCCCCCCCCCCC.[Zr]. The summed E-state index contributed by atoms with van der Waals surface area (Å²) in [5.74, 6) is 0. The van der Waals surface area contributed by atoms with Gasteiger partial charge in [0.2, 0.25) is 0 Å². The molecule has 0 amide bonds. The zero-order chi connectivity index (χ0) is 11.9. The third kappa shape index (κ3) is 19.4. The third-order valence-corrected chi connectivity index (χ3v) is 3.35. The summed E-state index contributed by atoms with van der Waals surface area (Å²) in [7, 11) is 0. The topological polar surface area (TPSA) is 0 Å². The Morgan fingerprint density at radius 1 is 0.529 bits per heavy atom. The molecule has 0 rings (SSSR count). The van der Waals surface area contributed by atoms with Crippen LogP contribution in [0.1, 0.15) is 96.8 Å². The van der Waals surface area contributed by atoms with Crippen LogP contribution in [0.3, 0.4) is 0 Å². The summed E-state index contributed by atoms with van der Waals surface area (Å²) in [4.78, 5) is 0. The Kier molecular flexibility index (Phi) is 22.9. The van der Waals surface area contributed by atoms with E-state index in [1.54, 1.807) is 0 Å². The van der Waals surface area contributed by atoms with Gasteiger partial charge < -0.3 is 6.92 Å². The molecule has 102 valence electrons. The molecule has 0 atom stereocenters. The average Bonchev–Trinajstić information content (AvgIpc) is 2.31. The van der Waals surface area contributed by atoms with Crippen molar-refractivity contribution in [1.29, 1.82) is 0 Å². The molecule has 0 heterocycles. The second-order valence-corrected chi connectivity index (χ2v) is 5.10. The maximum atomic E-state index is 3.87. The van der Waals surface area contributed by atoms with E-state index in [-0.39, 0.29) is 26.2 Å². The van der Waals surface area contributed by atoms with Crippen LogP contribution >= 0.6 is 0 Å². The summed E-state index contributed by atoms with van der Waals surface area (Å²) in [6.45, 7) is 6.16. The quantitative estimate of drug-likeness (QED) is 0.276. The standard InChI is InChI=1S/C16H33.Zr/c1-3-5-7-9-11-13-15-16-14-12-10-8-6-4-2;/h1,3-16H2,2H3;/q-1;. The molecule has 0 radical (unpaired) electrons. The fraction of sp³-hybridized carbons (Fsp3) is 0.938. The van der Waals surface area contributed by atoms with Crippen LogP contribution in [0.2, 0.25) is 0 Å². The zero-order valence-corrected chi connectivity index (χ0v) is 14.6. The van der Waals surface area contributed by atoms with E-state index in [0.29, 0.717) is 0 Å². The summed E-state index contributed by atoms with van der Waals surface area (Å²) in [6, 6.07) is 0. The minimum absolute atomic E-state index is 0. The summed E-state index contributed by atoms with van der Waals surface area (Å²) in [5, 5.41) is 0. The van der Waals surface area contributed by atoms with Gasteiger partial charge in [-0.3, -0.25) is 0 Å². The molecule has 0 fully saturated rings. The Hall–Kier alpha value is 0.883. The Balaban J connectivity index is 0. The molecule has 0 aliphatic carbocycles. The van der Waals surface area contributed by atoms with E-state index in [0.717, 1.165) is 6.42 Å². The van der Waals surface area contributed by atoms with Crippen molar-refractivity contribution in [1.82, 2.24) is 0 Å². The minimum atomic E-state index is 0. The maximum Gasteiger partial charge on any atom is 0 e. The third-order valence-electron chi connectivity index (χ3n) is 3.35. The molecule has 0 N–H and O–H groups in total. The fourth-order valence-corrected chi connectivity index (χ4v) is 2.19. The van der Waals surface area contributed by atoms with E-state index >= 15 is 0 Å². The molecule has 1 heteroatoms. The van der Waals surface area contributed by atoms with E-state index in [1.165, 1.54) is 83.5 Å². The van der Waals surface area contributed by atoms with Gasteiger partial charge in [-0.05, 0) is 0 Å². The molecule has 0 nitrogen and oxygen atoms in total. The molecule has 17 heavy (non-hydrogen) atoms. The number of hydrogen-bond acceptors (Lipinski definition) is 0. The first-order valence-corrected chi connectivity index (χ1v) is 7.71. The predicted molar refractivity (Wildman–Crippen MR) is 75.7 cm³/mol. The van der Waals surface area contributed by atoms with E-state index in [9.17, 15) is 0 Å². The van der Waals surface area contributed by atoms with Crippen molar-refractivity contribution in [2.24, 2.45) is 0 Å². The zero-order valence-electron chi connectivity index (χ0n) is 12.1. The second-order valence-electron chi connectivity index (χ2n) is 5.10. The molecule has 0 bridgehead atoms. The van der Waals surface area contributed by atoms with Gasteiger partial charge in [0.15, 0.2) is 0 Å². The van der Waals surface area contributed by atoms with Crippen molar-refractivity contribution in [3.63, 3.8) is 0 Å². The van der Waals surface area contributed by atoms with Crippen molar-refractivity contribution in [2.75, 3.05) is 0 Å². The first-order chi connectivity index (χ1) is 7.91. The van der Waals surface area contributed by atoms with E-state index < -0.39 is 0 Å². The average molecular weight is 317 g/mol. The normalized spacial score (nSPS) is 10.2. The van der Waals surface area contributed by atoms with E-state index in [1.807, 2.05) is 0 Å². The van der Waals surface area contributed by atoms with Crippen LogP contribution in [0.25, 0.3) is 0 Å². The Morgan fingerprint density at radius 2 is 0.824 bits per heavy atom. The number of unbranched alkanes of at least 4 members (excludes halogenated alkanes) is 13. The smallest absolute Gasteiger partial charge is 0 e. The van der Waals surface area contributed by atoms with Gasteiger partial charge in [0.05, 0.1) is 0 Å². The summed E-state index contributed by atoms with van der Waals surface area (Å²) >= 11 is 0. The predicted octanol–water partition coefficient (Wildman–Crippen LogP) is 6.30. The second kappa shape index (κ2) is 19.2. The molecule has 0 aliphatic heterocycles. The van der Waals surface area contributed by atoms with Crippen LogP contribution in [-0.2, 0) is 26.2 Å². The van der Waals surface area contributed by atoms with Crippen molar-refractivity contribution < 1.29 is 26.2 Å². The molecule has 0 aromatic heterocycles. The molecule has 0 aromatic rings. The minimum Gasteiger partial charge on any atom is -0.343 e. The molecule has 0 aromatic carbocycles. The van der Waals surface area contributed by atoms with Crippen LogP contribution < -0.4 is 0 Å². The number of rotatable bonds is 13. The first-order valence-electron chi connectivity index (χ1n) is 7.71. The van der Waals surface area contributed by atoms with E-state index in [4.69, 9.17) is 0 Å². The summed E-state index contributed by atoms with van der Waals surface area (Å²) in [6.07, 6.45) is 19.8. The van der Waals surface area contributed by atoms with Gasteiger partial charge in [-0.2, -0.15) is 6.42 Å². The molecule has 0 spiro atoms. The van der Waals surface area contributed by atoms with Crippen LogP contribution in [0.15, 0.2) is 0 Å². The summed E-state index contributed by atoms with van der Waals surface area (Å²) in [5.41, 5.74) is 0. The van der Waals surface area contributed by atoms with Gasteiger partial charge in [0.1, 0.15) is 0 Å². The molecular formula is C16H33Zr-. The molecule has 0 aliphatic rings.